The van der Waals surface area contributed by atoms with E-state index in [-0.39, 0.29) is 12.3 Å². The molecule has 0 fully saturated rings. The van der Waals surface area contributed by atoms with E-state index >= 15 is 0 Å². The van der Waals surface area contributed by atoms with Gasteiger partial charge in [0.25, 0.3) is 0 Å². The van der Waals surface area contributed by atoms with Crippen molar-refractivity contribution in [2.24, 2.45) is 0 Å². The topological polar surface area (TPSA) is 68.5 Å². The minimum Gasteiger partial charge on any atom is -0.497 e. The Kier molecular flexibility index (Phi) is 6.20. The average Bonchev–Trinajstić information content (AvgIpc) is 3.07. The lowest BCUT2D eigenvalue weighted by atomic mass is 10.1. The smallest absolute Gasteiger partial charge is 0.229 e. The predicted molar refractivity (Wildman–Crippen MR) is 107 cm³/mol. The van der Waals surface area contributed by atoms with Crippen LogP contribution in [0.3, 0.4) is 0 Å². The number of nitrogens with one attached hydrogen (secondary N) is 1. The predicted octanol–water partition coefficient (Wildman–Crippen LogP) is 4.12. The number of ether oxygens (including phenoxy) is 1. The van der Waals surface area contributed by atoms with Gasteiger partial charge in [-0.2, -0.15) is 0 Å². The van der Waals surface area contributed by atoms with Gasteiger partial charge in [0.1, 0.15) is 11.6 Å². The van der Waals surface area contributed by atoms with Crippen molar-refractivity contribution in [3.63, 3.8) is 0 Å². The van der Waals surface area contributed by atoms with E-state index < -0.39 is 0 Å². The van der Waals surface area contributed by atoms with Crippen LogP contribution >= 0.6 is 0 Å². The number of rotatable bonds is 8. The Hall–Kier alpha value is -3.15. The second kappa shape index (κ2) is 8.98. The molecular weight excluding hydrogens is 340 g/mol. The molecule has 0 spiro atoms. The van der Waals surface area contributed by atoms with Crippen LogP contribution in [0.25, 0.3) is 11.7 Å². The molecule has 0 radical (unpaired) electrons. The maximum Gasteiger partial charge on any atom is 0.229 e. The second-order valence-corrected chi connectivity index (χ2v) is 6.30. The van der Waals surface area contributed by atoms with Gasteiger partial charge in [0, 0.05) is 6.20 Å². The number of fused-ring (bicyclic) bond motifs is 1. The van der Waals surface area contributed by atoms with E-state index in [9.17, 15) is 4.79 Å². The first kappa shape index (κ1) is 18.6. The molecule has 3 rings (SSSR count). The Morgan fingerprint density at radius 1 is 1.30 bits per heavy atom. The summed E-state index contributed by atoms with van der Waals surface area (Å²) in [6.45, 7) is 2.17. The van der Waals surface area contributed by atoms with E-state index in [2.05, 4.69) is 28.3 Å². The van der Waals surface area contributed by atoms with Crippen molar-refractivity contribution in [3.05, 3.63) is 60.2 Å². The van der Waals surface area contributed by atoms with Crippen molar-refractivity contribution >= 4 is 23.4 Å². The van der Waals surface area contributed by atoms with Crippen LogP contribution in [0.4, 0.5) is 5.82 Å². The Labute approximate surface area is 158 Å². The summed E-state index contributed by atoms with van der Waals surface area (Å²) >= 11 is 0. The summed E-state index contributed by atoms with van der Waals surface area (Å²) in [6.07, 6.45) is 13.0. The highest BCUT2D eigenvalue weighted by Gasteiger charge is 2.09. The minimum atomic E-state index is -0.109. The Bertz CT molecular complexity index is 946. The molecule has 3 aromatic rings. The molecule has 1 N–H and O–H groups in total. The standard InChI is InChI=1S/C21H24N4O2/c1-3-4-5-6-9-17-15-25-19(13-22-17)23-14-20(25)24-21(26)12-16-8-7-10-18(11-16)27-2/h6-11,13-15H,3-5,12H2,1-2H3,(H,24,26)/b9-6+. The monoisotopic (exact) mass is 364 g/mol. The number of allylic oxidation sites excluding steroid dienone is 1. The maximum atomic E-state index is 12.4. The lowest BCUT2D eigenvalue weighted by Crippen LogP contribution is -2.15. The van der Waals surface area contributed by atoms with Crippen LogP contribution in [0.1, 0.15) is 37.4 Å². The van der Waals surface area contributed by atoms with Crippen LogP contribution in [-0.4, -0.2) is 27.4 Å². The van der Waals surface area contributed by atoms with Crippen molar-refractivity contribution in [1.29, 1.82) is 0 Å². The van der Waals surface area contributed by atoms with E-state index in [1.807, 2.05) is 40.9 Å². The summed E-state index contributed by atoms with van der Waals surface area (Å²) < 4.78 is 7.04. The summed E-state index contributed by atoms with van der Waals surface area (Å²) in [7, 11) is 1.61. The molecule has 0 unspecified atom stereocenters. The lowest BCUT2D eigenvalue weighted by Gasteiger charge is -2.07. The van der Waals surface area contributed by atoms with Gasteiger partial charge < -0.3 is 10.1 Å². The molecule has 0 saturated heterocycles. The minimum absolute atomic E-state index is 0.109. The van der Waals surface area contributed by atoms with Crippen molar-refractivity contribution < 1.29 is 9.53 Å². The third kappa shape index (κ3) is 4.94. The van der Waals surface area contributed by atoms with Crippen LogP contribution in [0.2, 0.25) is 0 Å². The fourth-order valence-corrected chi connectivity index (χ4v) is 2.76. The zero-order valence-electron chi connectivity index (χ0n) is 15.7. The molecule has 0 saturated carbocycles. The quantitative estimate of drug-likeness (QED) is 0.611. The number of imidazole rings is 1. The van der Waals surface area contributed by atoms with E-state index in [1.54, 1.807) is 19.5 Å². The first-order valence-electron chi connectivity index (χ1n) is 9.12. The highest BCUT2D eigenvalue weighted by molar-refractivity contribution is 5.91. The van der Waals surface area contributed by atoms with Crippen molar-refractivity contribution in [3.8, 4) is 5.75 Å². The number of carbonyl (C=O) groups is 1. The highest BCUT2D eigenvalue weighted by atomic mass is 16.5. The lowest BCUT2D eigenvalue weighted by molar-refractivity contribution is -0.115. The van der Waals surface area contributed by atoms with Crippen molar-refractivity contribution in [1.82, 2.24) is 14.4 Å². The van der Waals surface area contributed by atoms with Crippen LogP contribution in [0.5, 0.6) is 5.75 Å². The molecule has 6 nitrogen and oxygen atoms in total. The molecule has 2 heterocycles. The number of amides is 1. The average molecular weight is 364 g/mol. The van der Waals surface area contributed by atoms with E-state index in [0.717, 1.165) is 29.8 Å². The molecule has 0 aliphatic heterocycles. The summed E-state index contributed by atoms with van der Waals surface area (Å²) in [4.78, 5) is 21.1. The number of carbonyl (C=O) groups excluding carboxylic acids is 1. The van der Waals surface area contributed by atoms with Crippen LogP contribution < -0.4 is 10.1 Å². The van der Waals surface area contributed by atoms with E-state index in [1.165, 1.54) is 6.42 Å². The molecule has 140 valence electrons. The Balaban J connectivity index is 1.71. The molecule has 6 heteroatoms. The first-order valence-corrected chi connectivity index (χ1v) is 9.12. The number of unbranched alkanes of at least 4 members (excludes halogenated alkanes) is 2. The Morgan fingerprint density at radius 3 is 3.00 bits per heavy atom. The fraction of sp³-hybridized carbons (Fsp3) is 0.286. The largest absolute Gasteiger partial charge is 0.497 e. The highest BCUT2D eigenvalue weighted by Crippen LogP contribution is 2.16. The second-order valence-electron chi connectivity index (χ2n) is 6.30. The number of anilines is 1. The van der Waals surface area contributed by atoms with Crippen LogP contribution in [-0.2, 0) is 11.2 Å². The number of hydrogen-bond acceptors (Lipinski definition) is 4. The molecule has 0 aliphatic rings. The van der Waals surface area contributed by atoms with Gasteiger partial charge in [0.2, 0.25) is 5.91 Å². The molecule has 1 aromatic carbocycles. The van der Waals surface area contributed by atoms with Gasteiger partial charge in [0.15, 0.2) is 5.65 Å². The van der Waals surface area contributed by atoms with E-state index in [4.69, 9.17) is 4.74 Å². The summed E-state index contributed by atoms with van der Waals surface area (Å²) in [5, 5.41) is 2.92. The molecular formula is C21H24N4O2. The maximum absolute atomic E-state index is 12.4. The number of benzene rings is 1. The summed E-state index contributed by atoms with van der Waals surface area (Å²) in [5.74, 6) is 1.26. The molecule has 1 amide bonds. The number of hydrogen-bond donors (Lipinski definition) is 1. The third-order valence-corrected chi connectivity index (χ3v) is 4.20. The van der Waals surface area contributed by atoms with Crippen molar-refractivity contribution in [2.45, 2.75) is 32.6 Å². The van der Waals surface area contributed by atoms with Crippen LogP contribution in [0.15, 0.2) is 48.9 Å². The van der Waals surface area contributed by atoms with Gasteiger partial charge in [-0.25, -0.2) is 4.98 Å². The van der Waals surface area contributed by atoms with Gasteiger partial charge in [-0.3, -0.25) is 14.2 Å². The van der Waals surface area contributed by atoms with Crippen LogP contribution in [0, 0.1) is 0 Å². The molecule has 2 aromatic heterocycles. The molecule has 27 heavy (non-hydrogen) atoms. The number of nitrogens with zero attached hydrogens (tertiary/aromatic N) is 3. The number of methoxy groups -OCH3 is 1. The number of aromatic nitrogens is 3. The summed E-state index contributed by atoms with van der Waals surface area (Å²) in [5.41, 5.74) is 2.42. The van der Waals surface area contributed by atoms with Gasteiger partial charge in [0.05, 0.1) is 31.6 Å². The molecule has 0 aliphatic carbocycles. The normalized spacial score (nSPS) is 11.2. The Morgan fingerprint density at radius 2 is 2.19 bits per heavy atom. The first-order chi connectivity index (χ1) is 13.2. The van der Waals surface area contributed by atoms with E-state index in [0.29, 0.717) is 11.5 Å². The summed E-state index contributed by atoms with van der Waals surface area (Å²) in [6, 6.07) is 7.49. The van der Waals surface area contributed by atoms with Gasteiger partial charge in [-0.05, 0) is 30.2 Å². The molecule has 0 atom stereocenters. The van der Waals surface area contributed by atoms with Gasteiger partial charge in [-0.1, -0.05) is 38.0 Å². The van der Waals surface area contributed by atoms with Gasteiger partial charge >= 0.3 is 0 Å². The zero-order valence-corrected chi connectivity index (χ0v) is 15.7. The SMILES string of the molecule is CCCC/C=C/c1cn2c(NC(=O)Cc3cccc(OC)c3)cnc2cn1. The van der Waals surface area contributed by atoms with Gasteiger partial charge in [-0.15, -0.1) is 0 Å². The third-order valence-electron chi connectivity index (χ3n) is 4.20. The van der Waals surface area contributed by atoms with Crippen molar-refractivity contribution in [2.75, 3.05) is 12.4 Å². The zero-order chi connectivity index (χ0) is 19.1. The molecule has 0 bridgehead atoms. The fourth-order valence-electron chi connectivity index (χ4n) is 2.76.